The van der Waals surface area contributed by atoms with Gasteiger partial charge in [-0.05, 0) is 63.4 Å². The van der Waals surface area contributed by atoms with Gasteiger partial charge in [0.05, 0.1) is 5.54 Å². The third-order valence-corrected chi connectivity index (χ3v) is 6.97. The van der Waals surface area contributed by atoms with Crippen molar-refractivity contribution < 1.29 is 4.79 Å². The molecule has 1 heterocycles. The molecule has 0 spiro atoms. The summed E-state index contributed by atoms with van der Waals surface area (Å²) in [4.78, 5) is 13.2. The van der Waals surface area contributed by atoms with Gasteiger partial charge >= 0.3 is 6.03 Å². The predicted molar refractivity (Wildman–Crippen MR) is 110 cm³/mol. The molecule has 4 nitrogen and oxygen atoms in total. The molecular formula is C23H33N3O. The Morgan fingerprint density at radius 1 is 1.22 bits per heavy atom. The van der Waals surface area contributed by atoms with Crippen molar-refractivity contribution in [3.05, 3.63) is 35.9 Å². The largest absolute Gasteiger partial charge is 0.338 e. The lowest BCUT2D eigenvalue weighted by atomic mass is 9.78. The van der Waals surface area contributed by atoms with E-state index in [0.717, 1.165) is 37.3 Å². The van der Waals surface area contributed by atoms with Crippen LogP contribution < -0.4 is 5.32 Å². The fourth-order valence-electron chi connectivity index (χ4n) is 5.59. The zero-order chi connectivity index (χ0) is 19.0. The predicted octanol–water partition coefficient (Wildman–Crippen LogP) is 5.31. The fourth-order valence-corrected chi connectivity index (χ4v) is 5.59. The quantitative estimate of drug-likeness (QED) is 0.753. The Hall–Kier alpha value is -1.84. The second kappa shape index (κ2) is 7.29. The average molecular weight is 368 g/mol. The molecule has 4 rings (SSSR count). The molecule has 4 atom stereocenters. The fraction of sp³-hybridized carbons (Fsp3) is 0.652. The lowest BCUT2D eigenvalue weighted by Gasteiger charge is -2.36. The van der Waals surface area contributed by atoms with Crippen LogP contribution in [-0.4, -0.2) is 28.3 Å². The van der Waals surface area contributed by atoms with E-state index in [1.807, 2.05) is 6.07 Å². The van der Waals surface area contributed by atoms with E-state index < -0.39 is 0 Å². The number of hydrazone groups is 1. The number of carbonyl (C=O) groups excluding carboxylic acids is 1. The Morgan fingerprint density at radius 3 is 2.63 bits per heavy atom. The van der Waals surface area contributed by atoms with E-state index in [1.165, 1.54) is 24.8 Å². The first-order chi connectivity index (χ1) is 13.0. The van der Waals surface area contributed by atoms with Gasteiger partial charge in [0, 0.05) is 17.7 Å². The molecule has 1 N–H and O–H groups in total. The van der Waals surface area contributed by atoms with Gasteiger partial charge in [-0.2, -0.15) is 5.10 Å². The Morgan fingerprint density at radius 2 is 2.00 bits per heavy atom. The molecule has 2 fully saturated rings. The van der Waals surface area contributed by atoms with E-state index in [1.54, 1.807) is 5.01 Å². The SMILES string of the molecule is CCCCC1=NN(C(=O)N[C@@H]2CC3CCC2C3)C(C)(C)C1c1ccccc1. The van der Waals surface area contributed by atoms with Gasteiger partial charge in [0.2, 0.25) is 0 Å². The van der Waals surface area contributed by atoms with Crippen LogP contribution in [0.3, 0.4) is 0 Å². The molecule has 2 amide bonds. The Bertz CT molecular complexity index is 712. The lowest BCUT2D eigenvalue weighted by molar-refractivity contribution is 0.140. The number of benzene rings is 1. The van der Waals surface area contributed by atoms with Gasteiger partial charge in [-0.3, -0.25) is 0 Å². The van der Waals surface area contributed by atoms with Crippen molar-refractivity contribution in [2.75, 3.05) is 0 Å². The molecule has 0 saturated heterocycles. The molecule has 1 aromatic carbocycles. The number of hydrogen-bond acceptors (Lipinski definition) is 2. The number of unbranched alkanes of at least 4 members (excludes halogenated alkanes) is 1. The van der Waals surface area contributed by atoms with Crippen LogP contribution in [0.2, 0.25) is 0 Å². The summed E-state index contributed by atoms with van der Waals surface area (Å²) < 4.78 is 0. The van der Waals surface area contributed by atoms with Crippen molar-refractivity contribution in [1.82, 2.24) is 10.3 Å². The maximum Gasteiger partial charge on any atom is 0.338 e. The van der Waals surface area contributed by atoms with Crippen molar-refractivity contribution in [2.24, 2.45) is 16.9 Å². The van der Waals surface area contributed by atoms with Gasteiger partial charge in [-0.25, -0.2) is 9.80 Å². The summed E-state index contributed by atoms with van der Waals surface area (Å²) >= 11 is 0. The first-order valence-electron chi connectivity index (χ1n) is 10.7. The van der Waals surface area contributed by atoms with Crippen molar-refractivity contribution in [3.63, 3.8) is 0 Å². The zero-order valence-electron chi connectivity index (χ0n) is 16.9. The first kappa shape index (κ1) is 18.5. The molecule has 2 bridgehead atoms. The molecule has 2 aliphatic carbocycles. The number of rotatable bonds is 5. The summed E-state index contributed by atoms with van der Waals surface area (Å²) in [7, 11) is 0. The third kappa shape index (κ3) is 3.39. The van der Waals surface area contributed by atoms with Gasteiger partial charge in [0.1, 0.15) is 0 Å². The molecule has 27 heavy (non-hydrogen) atoms. The topological polar surface area (TPSA) is 44.7 Å². The highest BCUT2D eigenvalue weighted by Gasteiger charge is 2.48. The third-order valence-electron chi connectivity index (χ3n) is 6.97. The summed E-state index contributed by atoms with van der Waals surface area (Å²) in [6, 6.07) is 10.9. The second-order valence-electron chi connectivity index (χ2n) is 9.23. The maximum absolute atomic E-state index is 13.2. The van der Waals surface area contributed by atoms with Gasteiger partial charge in [-0.15, -0.1) is 0 Å². The van der Waals surface area contributed by atoms with E-state index in [2.05, 4.69) is 50.4 Å². The monoisotopic (exact) mass is 367 g/mol. The van der Waals surface area contributed by atoms with E-state index >= 15 is 0 Å². The van der Waals surface area contributed by atoms with Crippen molar-refractivity contribution in [2.45, 2.75) is 83.2 Å². The lowest BCUT2D eigenvalue weighted by Crippen LogP contribution is -2.52. The van der Waals surface area contributed by atoms with Gasteiger partial charge in [0.25, 0.3) is 0 Å². The summed E-state index contributed by atoms with van der Waals surface area (Å²) in [5.41, 5.74) is 2.05. The highest BCUT2D eigenvalue weighted by Crippen LogP contribution is 2.45. The minimum Gasteiger partial charge on any atom is -0.333 e. The number of amides is 2. The molecule has 3 unspecified atom stereocenters. The Kier molecular flexibility index (Phi) is 5.00. The van der Waals surface area contributed by atoms with Gasteiger partial charge in [-0.1, -0.05) is 50.1 Å². The molecule has 1 aliphatic heterocycles. The van der Waals surface area contributed by atoms with E-state index in [-0.39, 0.29) is 17.5 Å². The maximum atomic E-state index is 13.2. The standard InChI is InChI=1S/C23H33N3O/c1-4-5-11-19-21(17-9-7-6-8-10-17)23(2,3)26(25-19)22(27)24-20-15-16-12-13-18(20)14-16/h6-10,16,18,20-21H,4-5,11-15H2,1-3H3,(H,24,27)/t16?,18?,20-,21?/m1/s1. The summed E-state index contributed by atoms with van der Waals surface area (Å²) in [6.07, 6.45) is 8.28. The number of urea groups is 1. The minimum atomic E-state index is -0.355. The summed E-state index contributed by atoms with van der Waals surface area (Å²) in [6.45, 7) is 6.53. The minimum absolute atomic E-state index is 0.00928. The molecule has 0 radical (unpaired) electrons. The zero-order valence-corrected chi connectivity index (χ0v) is 16.9. The van der Waals surface area contributed by atoms with E-state index in [4.69, 9.17) is 5.10 Å². The molecule has 2 saturated carbocycles. The molecule has 1 aromatic rings. The van der Waals surface area contributed by atoms with E-state index in [9.17, 15) is 4.79 Å². The average Bonchev–Trinajstić information content (AvgIpc) is 3.33. The smallest absolute Gasteiger partial charge is 0.333 e. The highest BCUT2D eigenvalue weighted by molar-refractivity contribution is 5.96. The first-order valence-corrected chi connectivity index (χ1v) is 10.7. The summed E-state index contributed by atoms with van der Waals surface area (Å²) in [5, 5.41) is 9.97. The molecule has 0 aromatic heterocycles. The highest BCUT2D eigenvalue weighted by atomic mass is 16.2. The second-order valence-corrected chi connectivity index (χ2v) is 9.23. The van der Waals surface area contributed by atoms with Crippen molar-refractivity contribution in [1.29, 1.82) is 0 Å². The number of carbonyl (C=O) groups is 1. The molecule has 3 aliphatic rings. The van der Waals surface area contributed by atoms with Crippen LogP contribution in [0.15, 0.2) is 35.4 Å². The molecule has 4 heteroatoms. The summed E-state index contributed by atoms with van der Waals surface area (Å²) in [5.74, 6) is 1.67. The van der Waals surface area contributed by atoms with Crippen molar-refractivity contribution in [3.8, 4) is 0 Å². The van der Waals surface area contributed by atoms with Gasteiger partial charge in [0.15, 0.2) is 0 Å². The van der Waals surface area contributed by atoms with E-state index in [0.29, 0.717) is 12.0 Å². The number of fused-ring (bicyclic) bond motifs is 2. The number of hydrogen-bond donors (Lipinski definition) is 1. The Balaban J connectivity index is 1.56. The van der Waals surface area contributed by atoms with Crippen LogP contribution in [0.25, 0.3) is 0 Å². The normalized spacial score (nSPS) is 31.2. The van der Waals surface area contributed by atoms with Crippen LogP contribution >= 0.6 is 0 Å². The van der Waals surface area contributed by atoms with Crippen LogP contribution in [0.5, 0.6) is 0 Å². The number of nitrogens with zero attached hydrogens (tertiary/aromatic N) is 2. The molecular weight excluding hydrogens is 334 g/mol. The Labute approximate surface area is 163 Å². The van der Waals surface area contributed by atoms with Crippen molar-refractivity contribution >= 4 is 11.7 Å². The van der Waals surface area contributed by atoms with Crippen LogP contribution in [-0.2, 0) is 0 Å². The van der Waals surface area contributed by atoms with Crippen LogP contribution in [0, 0.1) is 11.8 Å². The number of nitrogens with one attached hydrogen (secondary N) is 1. The van der Waals surface area contributed by atoms with Crippen LogP contribution in [0.1, 0.15) is 77.2 Å². The van der Waals surface area contributed by atoms with Crippen LogP contribution in [0.4, 0.5) is 4.79 Å². The van der Waals surface area contributed by atoms with Gasteiger partial charge < -0.3 is 5.32 Å². The molecule has 146 valence electrons.